The van der Waals surface area contributed by atoms with Crippen molar-refractivity contribution in [1.82, 2.24) is 0 Å². The molecule has 4 heteroatoms. The Bertz CT molecular complexity index is 393. The number of nitrogens with zero attached hydrogens (tertiary/aromatic N) is 1. The number of allylic oxidation sites excluding steroid dienone is 3. The van der Waals surface area contributed by atoms with Crippen molar-refractivity contribution in [2.24, 2.45) is 0 Å². The Balaban J connectivity index is 0. The van der Waals surface area contributed by atoms with Crippen molar-refractivity contribution in [1.29, 1.82) is 0 Å². The van der Waals surface area contributed by atoms with E-state index < -0.39 is 0 Å². The second-order valence-corrected chi connectivity index (χ2v) is 9.24. The molecule has 31 heavy (non-hydrogen) atoms. The molecule has 3 nitrogen and oxygen atoms in total. The van der Waals surface area contributed by atoms with E-state index in [-0.39, 0.29) is 25.6 Å². The van der Waals surface area contributed by atoms with Crippen molar-refractivity contribution in [3.05, 3.63) is 24.4 Å². The Morgan fingerprint density at radius 1 is 0.581 bits per heavy atom. The topological polar surface area (TPSA) is 40.5 Å². The lowest BCUT2D eigenvalue weighted by molar-refractivity contribution is -0.860. The lowest BCUT2D eigenvalue weighted by Gasteiger charge is -2.28. The predicted octanol–water partition coefficient (Wildman–Crippen LogP) is 4.14. The summed E-state index contributed by atoms with van der Waals surface area (Å²) in [6, 6.07) is 0. The van der Waals surface area contributed by atoms with Crippen LogP contribution < -0.4 is 12.4 Å². The van der Waals surface area contributed by atoms with Gasteiger partial charge in [0.15, 0.2) is 0 Å². The first-order valence-electron chi connectivity index (χ1n) is 13.1. The summed E-state index contributed by atoms with van der Waals surface area (Å²) >= 11 is 0. The number of aliphatic hydroxyl groups is 2. The van der Waals surface area contributed by atoms with Crippen LogP contribution in [0.2, 0.25) is 0 Å². The molecule has 0 bridgehead atoms. The van der Waals surface area contributed by atoms with E-state index in [0.717, 1.165) is 6.42 Å². The van der Waals surface area contributed by atoms with Crippen molar-refractivity contribution < 1.29 is 27.1 Å². The van der Waals surface area contributed by atoms with E-state index in [9.17, 15) is 0 Å². The maximum absolute atomic E-state index is 9.14. The maximum Gasteiger partial charge on any atom is 0.106 e. The zero-order chi connectivity index (χ0) is 22.2. The number of unbranched alkanes of at least 4 members (excludes halogenated alkanes) is 16. The first-order chi connectivity index (χ1) is 14.7. The Morgan fingerprint density at radius 2 is 0.968 bits per heavy atom. The summed E-state index contributed by atoms with van der Waals surface area (Å²) in [5, 5.41) is 18.3. The number of quaternary nitrogens is 1. The van der Waals surface area contributed by atoms with Crippen molar-refractivity contribution in [2.75, 3.05) is 33.4 Å². The number of hydrogen-bond donors (Lipinski definition) is 2. The quantitative estimate of drug-likeness (QED) is 0.137. The fourth-order valence-electron chi connectivity index (χ4n) is 3.96. The van der Waals surface area contributed by atoms with Gasteiger partial charge in [-0.05, 0) is 18.9 Å². The van der Waals surface area contributed by atoms with Crippen molar-refractivity contribution in [3.8, 4) is 0 Å². The minimum absolute atomic E-state index is 0. The molecule has 0 rings (SSSR count). The first-order valence-corrected chi connectivity index (χ1v) is 13.1. The van der Waals surface area contributed by atoms with Gasteiger partial charge in [-0.3, -0.25) is 4.48 Å². The van der Waals surface area contributed by atoms with E-state index in [1.54, 1.807) is 0 Å². The van der Waals surface area contributed by atoms with Crippen molar-refractivity contribution >= 4 is 0 Å². The van der Waals surface area contributed by atoms with Crippen LogP contribution in [0.25, 0.3) is 0 Å². The number of halogens is 1. The van der Waals surface area contributed by atoms with Crippen LogP contribution in [0.4, 0.5) is 0 Å². The third-order valence-corrected chi connectivity index (χ3v) is 6.14. The largest absolute Gasteiger partial charge is 1.00 e. The van der Waals surface area contributed by atoms with Gasteiger partial charge in [0.25, 0.3) is 0 Å². The molecule has 0 aromatic heterocycles. The van der Waals surface area contributed by atoms with Crippen LogP contribution in [0.5, 0.6) is 0 Å². The van der Waals surface area contributed by atoms with Gasteiger partial charge in [0.05, 0.1) is 26.5 Å². The predicted molar refractivity (Wildman–Crippen MR) is 133 cm³/mol. The Hall–Kier alpha value is -0.350. The standard InChI is InChI=1S/C27H54NO2.ClH/c1-3-4-5-6-7-8-9-10-11-12-13-14-15-16-17-18-19-20-21-22-23-28(2,24-26-29)25-27-30;/h20-23,29-30H,3-19,24-27H2,1-2H3;1H/q+1;/p-1. The number of hydrogen-bond acceptors (Lipinski definition) is 2. The summed E-state index contributed by atoms with van der Waals surface area (Å²) in [4.78, 5) is 0. The van der Waals surface area contributed by atoms with Gasteiger partial charge in [-0.2, -0.15) is 0 Å². The molecule has 0 aliphatic carbocycles. The lowest BCUT2D eigenvalue weighted by atomic mass is 10.0. The molecular weight excluding hydrogens is 406 g/mol. The monoisotopic (exact) mass is 459 g/mol. The smallest absolute Gasteiger partial charge is 0.106 e. The average molecular weight is 460 g/mol. The van der Waals surface area contributed by atoms with Crippen LogP contribution in [0.3, 0.4) is 0 Å². The maximum atomic E-state index is 9.14. The Morgan fingerprint density at radius 3 is 1.35 bits per heavy atom. The van der Waals surface area contributed by atoms with Crippen molar-refractivity contribution in [3.63, 3.8) is 0 Å². The minimum atomic E-state index is 0. The SMILES string of the molecule is CCCCCCCCCCCCCCCCCCC=CC=C[N+](C)(CCO)CCO.[Cl-]. The third kappa shape index (κ3) is 24.1. The molecule has 0 aromatic carbocycles. The first kappa shape index (κ1) is 32.8. The Labute approximate surface area is 201 Å². The molecule has 0 radical (unpaired) electrons. The minimum Gasteiger partial charge on any atom is -1.00 e. The molecule has 0 saturated carbocycles. The van der Waals surface area contributed by atoms with Crippen LogP contribution in [0.1, 0.15) is 116 Å². The summed E-state index contributed by atoms with van der Waals surface area (Å²) in [5.74, 6) is 0. The van der Waals surface area contributed by atoms with Crippen LogP contribution in [-0.2, 0) is 0 Å². The van der Waals surface area contributed by atoms with E-state index in [1.807, 2.05) is 7.05 Å². The van der Waals surface area contributed by atoms with Crippen molar-refractivity contribution in [2.45, 2.75) is 116 Å². The van der Waals surface area contributed by atoms with E-state index >= 15 is 0 Å². The normalized spacial score (nSPS) is 12.1. The zero-order valence-electron chi connectivity index (χ0n) is 20.9. The molecule has 0 heterocycles. The van der Waals surface area contributed by atoms with Crippen LogP contribution in [-0.4, -0.2) is 48.0 Å². The van der Waals surface area contributed by atoms with E-state index in [1.165, 1.54) is 103 Å². The average Bonchev–Trinajstić information content (AvgIpc) is 2.72. The molecule has 0 saturated heterocycles. The van der Waals surface area contributed by atoms with Crippen LogP contribution >= 0.6 is 0 Å². The fourth-order valence-corrected chi connectivity index (χ4v) is 3.96. The Kier molecular flexibility index (Phi) is 27.4. The highest BCUT2D eigenvalue weighted by Crippen LogP contribution is 2.14. The fraction of sp³-hybridized carbons (Fsp3) is 0.852. The van der Waals surface area contributed by atoms with Gasteiger partial charge in [-0.25, -0.2) is 0 Å². The molecule has 0 fully saturated rings. The zero-order valence-corrected chi connectivity index (χ0v) is 21.6. The molecule has 0 unspecified atom stereocenters. The van der Waals surface area contributed by atoms with Gasteiger partial charge < -0.3 is 22.6 Å². The molecule has 0 aliphatic rings. The third-order valence-electron chi connectivity index (χ3n) is 6.14. The molecule has 186 valence electrons. The number of likely N-dealkylation sites (N-methyl/N-ethyl adjacent to an activating group) is 1. The van der Waals surface area contributed by atoms with E-state index in [4.69, 9.17) is 10.2 Å². The summed E-state index contributed by atoms with van der Waals surface area (Å²) in [6.45, 7) is 3.86. The van der Waals surface area contributed by atoms with Gasteiger partial charge >= 0.3 is 0 Å². The van der Waals surface area contributed by atoms with E-state index in [0.29, 0.717) is 17.6 Å². The summed E-state index contributed by atoms with van der Waals surface area (Å²) in [5.41, 5.74) is 0. The van der Waals surface area contributed by atoms with Gasteiger partial charge in [-0.15, -0.1) is 0 Å². The second-order valence-electron chi connectivity index (χ2n) is 9.24. The number of aliphatic hydroxyl groups excluding tert-OH is 2. The van der Waals surface area contributed by atoms with Crippen LogP contribution in [0, 0.1) is 0 Å². The molecule has 0 spiro atoms. The molecule has 0 aromatic rings. The molecule has 0 amide bonds. The summed E-state index contributed by atoms with van der Waals surface area (Å²) < 4.78 is 0.580. The highest BCUT2D eigenvalue weighted by molar-refractivity contribution is 4.99. The van der Waals surface area contributed by atoms with E-state index in [2.05, 4.69) is 31.4 Å². The molecular formula is C27H54ClNO2. The second kappa shape index (κ2) is 25.9. The van der Waals surface area contributed by atoms with Gasteiger partial charge in [0.1, 0.15) is 13.1 Å². The lowest BCUT2D eigenvalue weighted by Crippen LogP contribution is -3.00. The van der Waals surface area contributed by atoms with Gasteiger partial charge in [0.2, 0.25) is 0 Å². The highest BCUT2D eigenvalue weighted by atomic mass is 35.5. The molecule has 2 N–H and O–H groups in total. The molecule has 0 atom stereocenters. The summed E-state index contributed by atoms with van der Waals surface area (Å²) in [7, 11) is 2.03. The van der Waals surface area contributed by atoms with Gasteiger partial charge in [0, 0.05) is 0 Å². The highest BCUT2D eigenvalue weighted by Gasteiger charge is 2.15. The molecule has 0 aliphatic heterocycles. The van der Waals surface area contributed by atoms with Crippen LogP contribution in [0.15, 0.2) is 24.4 Å². The number of rotatable bonds is 23. The van der Waals surface area contributed by atoms with Gasteiger partial charge in [-0.1, -0.05) is 115 Å². The summed E-state index contributed by atoms with van der Waals surface area (Å²) in [6.07, 6.45) is 32.2.